The van der Waals surface area contributed by atoms with E-state index in [0.29, 0.717) is 11.6 Å². The van der Waals surface area contributed by atoms with Gasteiger partial charge >= 0.3 is 0 Å². The van der Waals surface area contributed by atoms with Gasteiger partial charge in [-0.2, -0.15) is 0 Å². The molecule has 3 heterocycles. The summed E-state index contributed by atoms with van der Waals surface area (Å²) in [5.41, 5.74) is 17.2. The van der Waals surface area contributed by atoms with E-state index < -0.39 is 0 Å². The van der Waals surface area contributed by atoms with Crippen LogP contribution in [0.15, 0.2) is 66.4 Å². The molecule has 3 rings (SSSR count). The van der Waals surface area contributed by atoms with E-state index in [1.165, 1.54) is 0 Å². The molecule has 138 valence electrons. The SMILES string of the molecule is Cc1ccc(-c2cnc3ccc(N/C(N)=C/C(=C\N)C(C)C)nc3c2)cn1. The summed E-state index contributed by atoms with van der Waals surface area (Å²) in [5, 5.41) is 3.11. The molecular formula is C21H24N6. The normalized spacial score (nSPS) is 12.6. The lowest BCUT2D eigenvalue weighted by Crippen LogP contribution is -2.11. The van der Waals surface area contributed by atoms with Crippen molar-refractivity contribution in [1.29, 1.82) is 0 Å². The van der Waals surface area contributed by atoms with Crippen LogP contribution in [0.4, 0.5) is 5.82 Å². The summed E-state index contributed by atoms with van der Waals surface area (Å²) in [6.07, 6.45) is 7.06. The first-order valence-corrected chi connectivity index (χ1v) is 8.82. The zero-order valence-electron chi connectivity index (χ0n) is 15.8. The molecule has 0 aliphatic heterocycles. The van der Waals surface area contributed by atoms with Gasteiger partial charge in [0, 0.05) is 29.2 Å². The Bertz CT molecular complexity index is 1000. The van der Waals surface area contributed by atoms with Crippen molar-refractivity contribution in [2.45, 2.75) is 20.8 Å². The van der Waals surface area contributed by atoms with E-state index in [2.05, 4.69) is 34.1 Å². The van der Waals surface area contributed by atoms with Gasteiger partial charge in [-0.05, 0) is 55.0 Å². The van der Waals surface area contributed by atoms with Crippen LogP contribution in [0.5, 0.6) is 0 Å². The van der Waals surface area contributed by atoms with Crippen LogP contribution < -0.4 is 16.8 Å². The Kier molecular flexibility index (Phi) is 5.35. The first-order chi connectivity index (χ1) is 13.0. The molecule has 6 heteroatoms. The fraction of sp³-hybridized carbons (Fsp3) is 0.190. The maximum atomic E-state index is 6.09. The van der Waals surface area contributed by atoms with Crippen LogP contribution in [0.1, 0.15) is 19.5 Å². The van der Waals surface area contributed by atoms with Gasteiger partial charge < -0.3 is 16.8 Å². The molecule has 0 atom stereocenters. The Morgan fingerprint density at radius 2 is 1.81 bits per heavy atom. The number of nitrogens with zero attached hydrogens (tertiary/aromatic N) is 3. The summed E-state index contributed by atoms with van der Waals surface area (Å²) in [5.74, 6) is 1.42. The lowest BCUT2D eigenvalue weighted by Gasteiger charge is -2.10. The van der Waals surface area contributed by atoms with Crippen molar-refractivity contribution >= 4 is 16.9 Å². The van der Waals surface area contributed by atoms with E-state index in [1.807, 2.05) is 55.7 Å². The Labute approximate surface area is 159 Å². The second-order valence-electron chi connectivity index (χ2n) is 6.69. The van der Waals surface area contributed by atoms with Gasteiger partial charge in [-0.15, -0.1) is 0 Å². The Hall–Kier alpha value is -3.41. The number of rotatable bonds is 5. The average molecular weight is 360 g/mol. The van der Waals surface area contributed by atoms with Crippen LogP contribution in [0.25, 0.3) is 22.2 Å². The molecule has 27 heavy (non-hydrogen) atoms. The van der Waals surface area contributed by atoms with E-state index in [1.54, 1.807) is 6.20 Å². The van der Waals surface area contributed by atoms with Gasteiger partial charge in [-0.3, -0.25) is 9.97 Å². The second kappa shape index (κ2) is 7.86. The smallest absolute Gasteiger partial charge is 0.132 e. The minimum atomic E-state index is 0.287. The highest BCUT2D eigenvalue weighted by Crippen LogP contribution is 2.22. The number of pyridine rings is 3. The van der Waals surface area contributed by atoms with Crippen LogP contribution in [-0.4, -0.2) is 15.0 Å². The minimum Gasteiger partial charge on any atom is -0.404 e. The molecule has 3 aromatic heterocycles. The zero-order valence-corrected chi connectivity index (χ0v) is 15.8. The second-order valence-corrected chi connectivity index (χ2v) is 6.69. The topological polar surface area (TPSA) is 103 Å². The highest BCUT2D eigenvalue weighted by Gasteiger charge is 2.05. The van der Waals surface area contributed by atoms with E-state index >= 15 is 0 Å². The van der Waals surface area contributed by atoms with E-state index in [-0.39, 0.29) is 5.92 Å². The van der Waals surface area contributed by atoms with Crippen LogP contribution in [0.2, 0.25) is 0 Å². The van der Waals surface area contributed by atoms with Gasteiger partial charge in [0.15, 0.2) is 0 Å². The van der Waals surface area contributed by atoms with Crippen molar-refractivity contribution in [1.82, 2.24) is 15.0 Å². The fourth-order valence-electron chi connectivity index (χ4n) is 2.64. The Balaban J connectivity index is 1.90. The van der Waals surface area contributed by atoms with Crippen molar-refractivity contribution in [3.8, 4) is 11.1 Å². The Morgan fingerprint density at radius 3 is 2.48 bits per heavy atom. The monoisotopic (exact) mass is 360 g/mol. The fourth-order valence-corrected chi connectivity index (χ4v) is 2.64. The molecule has 0 aliphatic rings. The molecule has 0 saturated heterocycles. The average Bonchev–Trinajstić information content (AvgIpc) is 2.66. The van der Waals surface area contributed by atoms with Crippen molar-refractivity contribution in [2.75, 3.05) is 5.32 Å². The van der Waals surface area contributed by atoms with Gasteiger partial charge in [-0.25, -0.2) is 4.98 Å². The van der Waals surface area contributed by atoms with Crippen LogP contribution in [0, 0.1) is 12.8 Å². The lowest BCUT2D eigenvalue weighted by molar-refractivity contribution is 0.786. The van der Waals surface area contributed by atoms with E-state index in [4.69, 9.17) is 11.5 Å². The molecule has 3 aromatic rings. The standard InChI is InChI=1S/C21H24N6/c1-13(2)16(10-22)9-20(23)27-21-7-6-18-19(26-21)8-17(12-25-18)15-5-4-14(3)24-11-15/h4-13H,22-23H2,1-3H3,(H,26,27)/b16-10+,20-9+. The predicted octanol–water partition coefficient (Wildman–Crippen LogP) is 3.71. The number of aromatic nitrogens is 3. The molecule has 0 fully saturated rings. The molecule has 0 aliphatic carbocycles. The first kappa shape index (κ1) is 18.4. The van der Waals surface area contributed by atoms with Crippen molar-refractivity contribution in [3.05, 3.63) is 72.1 Å². The molecule has 0 saturated carbocycles. The minimum absolute atomic E-state index is 0.287. The van der Waals surface area contributed by atoms with Crippen LogP contribution in [-0.2, 0) is 0 Å². The summed E-state index contributed by atoms with van der Waals surface area (Å²) in [6, 6.07) is 9.77. The van der Waals surface area contributed by atoms with E-state index in [0.717, 1.165) is 33.4 Å². The first-order valence-electron chi connectivity index (χ1n) is 8.82. The number of anilines is 1. The number of nitrogens with one attached hydrogen (secondary N) is 1. The quantitative estimate of drug-likeness (QED) is 0.599. The number of hydrogen-bond acceptors (Lipinski definition) is 6. The van der Waals surface area contributed by atoms with Gasteiger partial charge in [0.1, 0.15) is 11.6 Å². The van der Waals surface area contributed by atoms with Crippen molar-refractivity contribution in [2.24, 2.45) is 17.4 Å². The third-order valence-electron chi connectivity index (χ3n) is 4.24. The number of allylic oxidation sites excluding steroid dienone is 2. The van der Waals surface area contributed by atoms with Crippen molar-refractivity contribution in [3.63, 3.8) is 0 Å². The molecule has 0 bridgehead atoms. The molecule has 0 aromatic carbocycles. The summed E-state index contributed by atoms with van der Waals surface area (Å²) in [4.78, 5) is 13.5. The molecule has 5 N–H and O–H groups in total. The predicted molar refractivity (Wildman–Crippen MR) is 111 cm³/mol. The molecule has 0 radical (unpaired) electrons. The lowest BCUT2D eigenvalue weighted by atomic mass is 10.0. The largest absolute Gasteiger partial charge is 0.404 e. The van der Waals surface area contributed by atoms with Gasteiger partial charge in [0.25, 0.3) is 0 Å². The zero-order chi connectivity index (χ0) is 19.4. The Morgan fingerprint density at radius 1 is 1.04 bits per heavy atom. The number of aryl methyl sites for hydroxylation is 1. The summed E-state index contributed by atoms with van der Waals surface area (Å²) >= 11 is 0. The molecule has 0 unspecified atom stereocenters. The number of hydrogen-bond donors (Lipinski definition) is 3. The molecule has 0 amide bonds. The summed E-state index contributed by atoms with van der Waals surface area (Å²) in [7, 11) is 0. The third-order valence-corrected chi connectivity index (χ3v) is 4.24. The molecule has 0 spiro atoms. The summed E-state index contributed by atoms with van der Waals surface area (Å²) < 4.78 is 0. The van der Waals surface area contributed by atoms with Gasteiger partial charge in [-0.1, -0.05) is 19.9 Å². The van der Waals surface area contributed by atoms with E-state index in [9.17, 15) is 0 Å². The van der Waals surface area contributed by atoms with Crippen LogP contribution >= 0.6 is 0 Å². The summed E-state index contributed by atoms with van der Waals surface area (Å²) in [6.45, 7) is 6.08. The number of fused-ring (bicyclic) bond motifs is 1. The maximum Gasteiger partial charge on any atom is 0.132 e. The van der Waals surface area contributed by atoms with Crippen molar-refractivity contribution < 1.29 is 0 Å². The maximum absolute atomic E-state index is 6.09. The van der Waals surface area contributed by atoms with Crippen LogP contribution in [0.3, 0.4) is 0 Å². The third kappa shape index (κ3) is 4.41. The number of nitrogens with two attached hydrogens (primary N) is 2. The highest BCUT2D eigenvalue weighted by atomic mass is 15.1. The molecular weight excluding hydrogens is 336 g/mol. The van der Waals surface area contributed by atoms with Gasteiger partial charge in [0.05, 0.1) is 11.0 Å². The van der Waals surface area contributed by atoms with Gasteiger partial charge in [0.2, 0.25) is 0 Å². The molecule has 6 nitrogen and oxygen atoms in total. The highest BCUT2D eigenvalue weighted by molar-refractivity contribution is 5.81.